The molecule has 1 amide bonds. The highest BCUT2D eigenvalue weighted by molar-refractivity contribution is 9.10. The van der Waals surface area contributed by atoms with Crippen molar-refractivity contribution in [2.45, 2.75) is 13.0 Å². The number of hydrogen-bond acceptors (Lipinski definition) is 2. The molecule has 3 nitrogen and oxygen atoms in total. The van der Waals surface area contributed by atoms with Crippen molar-refractivity contribution in [3.63, 3.8) is 0 Å². The van der Waals surface area contributed by atoms with Gasteiger partial charge in [-0.3, -0.25) is 4.79 Å². The molecule has 4 heteroatoms. The largest absolute Gasteiger partial charge is 0.459 e. The van der Waals surface area contributed by atoms with E-state index >= 15 is 0 Å². The zero-order chi connectivity index (χ0) is 12.3. The number of carbonyl (C=O) groups excluding carboxylic acids is 1. The molecule has 0 spiro atoms. The van der Waals surface area contributed by atoms with Gasteiger partial charge in [-0.15, -0.1) is 0 Å². The predicted octanol–water partition coefficient (Wildman–Crippen LogP) is 3.53. The number of carbonyl (C=O) groups is 1. The number of nitrogens with one attached hydrogen (secondary N) is 1. The number of hydrogen-bond donors (Lipinski definition) is 1. The van der Waals surface area contributed by atoms with Gasteiger partial charge in [-0.1, -0.05) is 28.1 Å². The van der Waals surface area contributed by atoms with Crippen LogP contribution in [-0.4, -0.2) is 5.91 Å². The molecule has 0 fully saturated rings. The van der Waals surface area contributed by atoms with Gasteiger partial charge < -0.3 is 9.73 Å². The highest BCUT2D eigenvalue weighted by Gasteiger charge is 2.12. The van der Waals surface area contributed by atoms with Crippen LogP contribution in [0.3, 0.4) is 0 Å². The monoisotopic (exact) mass is 293 g/mol. The summed E-state index contributed by atoms with van der Waals surface area (Å²) in [4.78, 5) is 11.7. The Morgan fingerprint density at radius 3 is 2.59 bits per heavy atom. The molecular formula is C13H12BrNO2. The van der Waals surface area contributed by atoms with Gasteiger partial charge in [-0.05, 0) is 36.8 Å². The number of halogens is 1. The average Bonchev–Trinajstić information content (AvgIpc) is 2.83. The Bertz CT molecular complexity index is 491. The molecule has 2 rings (SSSR count). The second-order valence-electron chi connectivity index (χ2n) is 3.72. The molecule has 0 saturated carbocycles. The molecule has 0 radical (unpaired) electrons. The third kappa shape index (κ3) is 2.97. The molecule has 1 heterocycles. The molecule has 17 heavy (non-hydrogen) atoms. The van der Waals surface area contributed by atoms with E-state index in [4.69, 9.17) is 4.42 Å². The number of benzene rings is 1. The van der Waals surface area contributed by atoms with E-state index in [1.54, 1.807) is 12.1 Å². The summed E-state index contributed by atoms with van der Waals surface area (Å²) in [6, 6.07) is 11.1. The molecule has 0 aliphatic carbocycles. The highest BCUT2D eigenvalue weighted by Crippen LogP contribution is 2.17. The van der Waals surface area contributed by atoms with Gasteiger partial charge in [0.25, 0.3) is 5.91 Å². The Morgan fingerprint density at radius 2 is 2.00 bits per heavy atom. The summed E-state index contributed by atoms with van der Waals surface area (Å²) in [6.07, 6.45) is 1.49. The van der Waals surface area contributed by atoms with E-state index in [-0.39, 0.29) is 11.9 Å². The lowest BCUT2D eigenvalue weighted by Crippen LogP contribution is -2.26. The van der Waals surface area contributed by atoms with Gasteiger partial charge in [0.1, 0.15) is 0 Å². The molecule has 0 bridgehead atoms. The van der Waals surface area contributed by atoms with Gasteiger partial charge in [-0.2, -0.15) is 0 Å². The summed E-state index contributed by atoms with van der Waals surface area (Å²) in [5.74, 6) is 0.124. The van der Waals surface area contributed by atoms with Gasteiger partial charge >= 0.3 is 0 Å². The van der Waals surface area contributed by atoms with Crippen LogP contribution in [0, 0.1) is 0 Å². The van der Waals surface area contributed by atoms with Crippen molar-refractivity contribution in [1.82, 2.24) is 5.32 Å². The van der Waals surface area contributed by atoms with Crippen LogP contribution in [-0.2, 0) is 0 Å². The normalized spacial score (nSPS) is 12.1. The lowest BCUT2D eigenvalue weighted by Gasteiger charge is -2.13. The molecule has 1 aromatic heterocycles. The van der Waals surface area contributed by atoms with Gasteiger partial charge in [0.2, 0.25) is 0 Å². The first-order valence-corrected chi connectivity index (χ1v) is 6.06. The molecule has 0 aliphatic heterocycles. The minimum Gasteiger partial charge on any atom is -0.459 e. The summed E-state index contributed by atoms with van der Waals surface area (Å²) in [6.45, 7) is 1.93. The smallest absolute Gasteiger partial charge is 0.287 e. The topological polar surface area (TPSA) is 42.2 Å². The van der Waals surface area contributed by atoms with Crippen LogP contribution in [0.25, 0.3) is 0 Å². The third-order valence-corrected chi connectivity index (χ3v) is 2.99. The Hall–Kier alpha value is -1.55. The van der Waals surface area contributed by atoms with Crippen LogP contribution >= 0.6 is 15.9 Å². The van der Waals surface area contributed by atoms with Crippen LogP contribution in [0.4, 0.5) is 0 Å². The van der Waals surface area contributed by atoms with Crippen molar-refractivity contribution >= 4 is 21.8 Å². The van der Waals surface area contributed by atoms with E-state index in [9.17, 15) is 4.79 Å². The minimum absolute atomic E-state index is 0.0549. The maximum Gasteiger partial charge on any atom is 0.287 e. The second kappa shape index (κ2) is 5.19. The minimum atomic E-state index is -0.203. The fourth-order valence-corrected chi connectivity index (χ4v) is 1.77. The van der Waals surface area contributed by atoms with Crippen molar-refractivity contribution in [2.75, 3.05) is 0 Å². The second-order valence-corrected chi connectivity index (χ2v) is 4.64. The van der Waals surface area contributed by atoms with E-state index in [1.165, 1.54) is 6.26 Å². The van der Waals surface area contributed by atoms with Crippen LogP contribution in [0.5, 0.6) is 0 Å². The molecule has 1 N–H and O–H groups in total. The Labute approximate surface area is 108 Å². The molecule has 0 saturated heterocycles. The molecule has 0 aliphatic rings. The summed E-state index contributed by atoms with van der Waals surface area (Å²) < 4.78 is 6.05. The molecular weight excluding hydrogens is 282 g/mol. The lowest BCUT2D eigenvalue weighted by atomic mass is 10.1. The SMILES string of the molecule is C[C@H](NC(=O)c1ccco1)c1ccc(Br)cc1. The number of furan rings is 1. The van der Waals surface area contributed by atoms with E-state index in [2.05, 4.69) is 21.2 Å². The average molecular weight is 294 g/mol. The molecule has 2 aromatic rings. The van der Waals surface area contributed by atoms with Gasteiger partial charge in [0.05, 0.1) is 12.3 Å². The van der Waals surface area contributed by atoms with Crippen LogP contribution < -0.4 is 5.32 Å². The van der Waals surface area contributed by atoms with Crippen LogP contribution in [0.15, 0.2) is 51.6 Å². The van der Waals surface area contributed by atoms with E-state index < -0.39 is 0 Å². The first-order valence-electron chi connectivity index (χ1n) is 5.26. The fourth-order valence-electron chi connectivity index (χ4n) is 1.51. The van der Waals surface area contributed by atoms with Crippen molar-refractivity contribution in [2.24, 2.45) is 0 Å². The first-order chi connectivity index (χ1) is 8.16. The lowest BCUT2D eigenvalue weighted by molar-refractivity contribution is 0.0912. The van der Waals surface area contributed by atoms with Crippen molar-refractivity contribution in [1.29, 1.82) is 0 Å². The molecule has 0 unspecified atom stereocenters. The molecule has 1 aromatic carbocycles. The van der Waals surface area contributed by atoms with Crippen LogP contribution in [0.1, 0.15) is 29.1 Å². The summed E-state index contributed by atoms with van der Waals surface area (Å²) in [5.41, 5.74) is 1.05. The third-order valence-electron chi connectivity index (χ3n) is 2.46. The quantitative estimate of drug-likeness (QED) is 0.941. The first kappa shape index (κ1) is 11.9. The zero-order valence-electron chi connectivity index (χ0n) is 9.31. The van der Waals surface area contributed by atoms with Gasteiger partial charge in [0, 0.05) is 4.47 Å². The van der Waals surface area contributed by atoms with Crippen molar-refractivity contribution in [3.05, 3.63) is 58.5 Å². The predicted molar refractivity (Wildman–Crippen MR) is 68.7 cm³/mol. The van der Waals surface area contributed by atoms with Crippen molar-refractivity contribution in [3.8, 4) is 0 Å². The van der Waals surface area contributed by atoms with Gasteiger partial charge in [-0.25, -0.2) is 0 Å². The van der Waals surface area contributed by atoms with E-state index in [0.717, 1.165) is 10.0 Å². The fraction of sp³-hybridized carbons (Fsp3) is 0.154. The van der Waals surface area contributed by atoms with E-state index in [1.807, 2.05) is 31.2 Å². The summed E-state index contributed by atoms with van der Waals surface area (Å²) >= 11 is 3.37. The molecule has 88 valence electrons. The van der Waals surface area contributed by atoms with E-state index in [0.29, 0.717) is 5.76 Å². The van der Waals surface area contributed by atoms with Crippen molar-refractivity contribution < 1.29 is 9.21 Å². The molecule has 1 atom stereocenters. The summed E-state index contributed by atoms with van der Waals surface area (Å²) in [5, 5.41) is 2.87. The highest BCUT2D eigenvalue weighted by atomic mass is 79.9. The number of amides is 1. The maximum absolute atomic E-state index is 11.7. The zero-order valence-corrected chi connectivity index (χ0v) is 10.9. The Balaban J connectivity index is 2.04. The Morgan fingerprint density at radius 1 is 1.29 bits per heavy atom. The Kier molecular flexibility index (Phi) is 3.64. The van der Waals surface area contributed by atoms with Gasteiger partial charge in [0.15, 0.2) is 5.76 Å². The number of rotatable bonds is 3. The summed E-state index contributed by atoms with van der Waals surface area (Å²) in [7, 11) is 0. The van der Waals surface area contributed by atoms with Crippen LogP contribution in [0.2, 0.25) is 0 Å². The maximum atomic E-state index is 11.7. The standard InChI is InChI=1S/C13H12BrNO2/c1-9(10-4-6-11(14)7-5-10)15-13(16)12-3-2-8-17-12/h2-9H,1H3,(H,15,16)/t9-/m0/s1.